The topological polar surface area (TPSA) is 89.3 Å². The monoisotopic (exact) mass is 274 g/mol. The van der Waals surface area contributed by atoms with E-state index in [-0.39, 0.29) is 22.1 Å². The van der Waals surface area contributed by atoms with Gasteiger partial charge in [0.1, 0.15) is 5.82 Å². The highest BCUT2D eigenvalue weighted by molar-refractivity contribution is 7.89. The van der Waals surface area contributed by atoms with Gasteiger partial charge in [0.05, 0.1) is 10.5 Å². The Bertz CT molecular complexity index is 582. The molecule has 0 saturated carbocycles. The SMILES string of the molecule is Cc1cc(F)c(C(=O)NC(C)C)cc1S(N)(=O)=O. The third-order valence-electron chi connectivity index (χ3n) is 2.24. The van der Waals surface area contributed by atoms with Gasteiger partial charge in [-0.3, -0.25) is 4.79 Å². The lowest BCUT2D eigenvalue weighted by Gasteiger charge is -2.11. The highest BCUT2D eigenvalue weighted by atomic mass is 32.2. The van der Waals surface area contributed by atoms with Crippen molar-refractivity contribution in [3.63, 3.8) is 0 Å². The van der Waals surface area contributed by atoms with Crippen LogP contribution in [0.3, 0.4) is 0 Å². The minimum atomic E-state index is -3.98. The summed E-state index contributed by atoms with van der Waals surface area (Å²) in [5.41, 5.74) is -0.172. The summed E-state index contributed by atoms with van der Waals surface area (Å²) in [5, 5.41) is 7.48. The minimum absolute atomic E-state index is 0.163. The number of benzene rings is 1. The number of primary sulfonamides is 1. The summed E-state index contributed by atoms with van der Waals surface area (Å²) in [5.74, 6) is -1.45. The fraction of sp³-hybridized carbons (Fsp3) is 0.364. The van der Waals surface area contributed by atoms with Crippen molar-refractivity contribution in [1.82, 2.24) is 5.32 Å². The molecule has 0 aliphatic heterocycles. The van der Waals surface area contributed by atoms with Crippen LogP contribution in [0.25, 0.3) is 0 Å². The highest BCUT2D eigenvalue weighted by Gasteiger charge is 2.19. The van der Waals surface area contributed by atoms with Crippen molar-refractivity contribution in [2.75, 3.05) is 0 Å². The molecule has 0 bridgehead atoms. The van der Waals surface area contributed by atoms with E-state index < -0.39 is 21.7 Å². The van der Waals surface area contributed by atoms with E-state index in [1.807, 2.05) is 0 Å². The number of halogens is 1. The van der Waals surface area contributed by atoms with Crippen molar-refractivity contribution in [2.24, 2.45) is 5.14 Å². The van der Waals surface area contributed by atoms with Gasteiger partial charge >= 0.3 is 0 Å². The summed E-state index contributed by atoms with van der Waals surface area (Å²) in [7, 11) is -3.98. The largest absolute Gasteiger partial charge is 0.350 e. The van der Waals surface area contributed by atoms with Crippen LogP contribution in [0.1, 0.15) is 29.8 Å². The van der Waals surface area contributed by atoms with Crippen LogP contribution in [0.5, 0.6) is 0 Å². The molecular weight excluding hydrogens is 259 g/mol. The number of sulfonamides is 1. The lowest BCUT2D eigenvalue weighted by Crippen LogP contribution is -2.31. The molecule has 1 rings (SSSR count). The molecular formula is C11H15FN2O3S. The summed E-state index contributed by atoms with van der Waals surface area (Å²) >= 11 is 0. The molecule has 0 heterocycles. The Kier molecular flexibility index (Phi) is 4.08. The smallest absolute Gasteiger partial charge is 0.254 e. The van der Waals surface area contributed by atoms with Gasteiger partial charge in [-0.1, -0.05) is 0 Å². The van der Waals surface area contributed by atoms with E-state index in [1.165, 1.54) is 6.92 Å². The van der Waals surface area contributed by atoms with Crippen LogP contribution in [0.4, 0.5) is 4.39 Å². The second kappa shape index (κ2) is 5.03. The summed E-state index contributed by atoms with van der Waals surface area (Å²) < 4.78 is 36.2. The lowest BCUT2D eigenvalue weighted by atomic mass is 10.1. The summed E-state index contributed by atoms with van der Waals surface area (Å²) in [6.45, 7) is 4.84. The molecule has 1 amide bonds. The zero-order valence-corrected chi connectivity index (χ0v) is 11.1. The van der Waals surface area contributed by atoms with Gasteiger partial charge in [-0.15, -0.1) is 0 Å². The lowest BCUT2D eigenvalue weighted by molar-refractivity contribution is 0.0939. The van der Waals surface area contributed by atoms with E-state index in [0.29, 0.717) is 0 Å². The molecule has 0 radical (unpaired) electrons. The van der Waals surface area contributed by atoms with Crippen molar-refractivity contribution in [1.29, 1.82) is 0 Å². The van der Waals surface area contributed by atoms with Crippen molar-refractivity contribution >= 4 is 15.9 Å². The molecule has 0 aromatic heterocycles. The molecule has 3 N–H and O–H groups in total. The van der Waals surface area contributed by atoms with Crippen molar-refractivity contribution in [3.05, 3.63) is 29.1 Å². The predicted octanol–water partition coefficient (Wildman–Crippen LogP) is 0.920. The quantitative estimate of drug-likeness (QED) is 0.859. The summed E-state index contributed by atoms with van der Waals surface area (Å²) in [4.78, 5) is 11.4. The molecule has 0 aliphatic rings. The second-order valence-electron chi connectivity index (χ2n) is 4.27. The first-order valence-corrected chi connectivity index (χ1v) is 6.81. The first kappa shape index (κ1) is 14.6. The summed E-state index contributed by atoms with van der Waals surface area (Å²) in [6.07, 6.45) is 0. The van der Waals surface area contributed by atoms with Crippen molar-refractivity contribution < 1.29 is 17.6 Å². The molecule has 7 heteroatoms. The standard InChI is InChI=1S/C11H15FN2O3S/c1-6(2)14-11(15)8-5-10(18(13,16)17)7(3)4-9(8)12/h4-6H,1-3H3,(H,14,15)(H2,13,16,17). The molecule has 100 valence electrons. The van der Waals surface area contributed by atoms with Crippen LogP contribution in [-0.2, 0) is 10.0 Å². The Morgan fingerprint density at radius 2 is 1.94 bits per heavy atom. The van der Waals surface area contributed by atoms with E-state index in [9.17, 15) is 17.6 Å². The van der Waals surface area contributed by atoms with Gasteiger partial charge in [0.15, 0.2) is 0 Å². The molecule has 0 aliphatic carbocycles. The Hall–Kier alpha value is -1.47. The third-order valence-corrected chi connectivity index (χ3v) is 3.29. The van der Waals surface area contributed by atoms with E-state index in [4.69, 9.17) is 5.14 Å². The average Bonchev–Trinajstić information content (AvgIpc) is 2.13. The Morgan fingerprint density at radius 3 is 2.39 bits per heavy atom. The number of rotatable bonds is 3. The second-order valence-corrected chi connectivity index (χ2v) is 5.80. The molecule has 18 heavy (non-hydrogen) atoms. The Morgan fingerprint density at radius 1 is 1.39 bits per heavy atom. The van der Waals surface area contributed by atoms with Crippen molar-refractivity contribution in [2.45, 2.75) is 31.7 Å². The fourth-order valence-electron chi connectivity index (χ4n) is 1.47. The van der Waals surface area contributed by atoms with Gasteiger partial charge in [0.25, 0.3) is 5.91 Å². The van der Waals surface area contributed by atoms with Gasteiger partial charge in [-0.2, -0.15) is 0 Å². The number of hydrogen-bond donors (Lipinski definition) is 2. The Labute approximate surface area is 105 Å². The van der Waals surface area contributed by atoms with Gasteiger partial charge in [-0.25, -0.2) is 17.9 Å². The zero-order chi connectivity index (χ0) is 14.1. The molecule has 5 nitrogen and oxygen atoms in total. The maximum Gasteiger partial charge on any atom is 0.254 e. The molecule has 0 fully saturated rings. The number of carbonyl (C=O) groups excluding carboxylic acids is 1. The van der Waals surface area contributed by atoms with Crippen LogP contribution in [0.2, 0.25) is 0 Å². The van der Waals surface area contributed by atoms with Gasteiger partial charge in [0, 0.05) is 6.04 Å². The first-order chi connectivity index (χ1) is 8.12. The molecule has 0 unspecified atom stereocenters. The molecule has 1 aromatic rings. The maximum absolute atomic E-state index is 13.6. The number of nitrogens with two attached hydrogens (primary N) is 1. The average molecular weight is 274 g/mol. The van der Waals surface area contributed by atoms with Crippen LogP contribution in [-0.4, -0.2) is 20.4 Å². The fourth-order valence-corrected chi connectivity index (χ4v) is 2.26. The normalized spacial score (nSPS) is 11.7. The maximum atomic E-state index is 13.6. The van der Waals surface area contributed by atoms with Gasteiger partial charge < -0.3 is 5.32 Å². The number of hydrogen-bond acceptors (Lipinski definition) is 3. The first-order valence-electron chi connectivity index (χ1n) is 5.26. The molecule has 0 spiro atoms. The minimum Gasteiger partial charge on any atom is -0.350 e. The highest BCUT2D eigenvalue weighted by Crippen LogP contribution is 2.19. The van der Waals surface area contributed by atoms with E-state index in [1.54, 1.807) is 13.8 Å². The zero-order valence-electron chi connectivity index (χ0n) is 10.3. The number of amides is 1. The van der Waals surface area contributed by atoms with Crippen molar-refractivity contribution in [3.8, 4) is 0 Å². The predicted molar refractivity (Wildman–Crippen MR) is 65.1 cm³/mol. The Balaban J connectivity index is 3.34. The number of carbonyl (C=O) groups is 1. The van der Waals surface area contributed by atoms with E-state index in [2.05, 4.69) is 5.32 Å². The van der Waals surface area contributed by atoms with Gasteiger partial charge in [0.2, 0.25) is 10.0 Å². The van der Waals surface area contributed by atoms with Crippen LogP contribution < -0.4 is 10.5 Å². The molecule has 0 saturated heterocycles. The van der Waals surface area contributed by atoms with Gasteiger partial charge in [-0.05, 0) is 38.5 Å². The number of nitrogens with one attached hydrogen (secondary N) is 1. The van der Waals surface area contributed by atoms with Crippen LogP contribution in [0, 0.1) is 12.7 Å². The van der Waals surface area contributed by atoms with Crippen LogP contribution in [0.15, 0.2) is 17.0 Å². The van der Waals surface area contributed by atoms with Crippen LogP contribution >= 0.6 is 0 Å². The number of aryl methyl sites for hydroxylation is 1. The summed E-state index contributed by atoms with van der Waals surface area (Å²) in [6, 6.07) is 1.75. The van der Waals surface area contributed by atoms with E-state index >= 15 is 0 Å². The molecule has 0 atom stereocenters. The molecule has 1 aromatic carbocycles. The van der Waals surface area contributed by atoms with E-state index in [0.717, 1.165) is 12.1 Å². The third kappa shape index (κ3) is 3.27.